The van der Waals surface area contributed by atoms with Crippen molar-refractivity contribution in [2.45, 2.75) is 43.7 Å². The van der Waals surface area contributed by atoms with Crippen LogP contribution in [0.1, 0.15) is 32.1 Å². The van der Waals surface area contributed by atoms with E-state index in [-0.39, 0.29) is 6.04 Å². The summed E-state index contributed by atoms with van der Waals surface area (Å²) >= 11 is 0. The van der Waals surface area contributed by atoms with Gasteiger partial charge in [0.2, 0.25) is 0 Å². The smallest absolute Gasteiger partial charge is 0.404 e. The van der Waals surface area contributed by atoms with E-state index in [9.17, 15) is 9.90 Å². The number of hydrogen-bond donors (Lipinski definition) is 3. The van der Waals surface area contributed by atoms with Crippen LogP contribution in [0.15, 0.2) is 0 Å². The van der Waals surface area contributed by atoms with Crippen molar-refractivity contribution < 1.29 is 15.0 Å². The molecule has 4 fully saturated rings. The second kappa shape index (κ2) is 2.88. The molecule has 1 amide bonds. The summed E-state index contributed by atoms with van der Waals surface area (Å²) in [5, 5.41) is 21.7. The van der Waals surface area contributed by atoms with E-state index in [4.69, 9.17) is 5.11 Å². The number of hydrogen-bond acceptors (Lipinski definition) is 2. The second-order valence-electron chi connectivity index (χ2n) is 5.67. The maximum atomic E-state index is 10.7. The average molecular weight is 211 g/mol. The number of amides is 1. The van der Waals surface area contributed by atoms with Crippen LogP contribution in [0.4, 0.5) is 4.79 Å². The Hall–Kier alpha value is -0.770. The molecule has 4 aliphatic carbocycles. The SMILES string of the molecule is O=C(O)NC1C2C[C@@H]3C[C@@H]1C[C@@](O)(C2)C3. The van der Waals surface area contributed by atoms with Gasteiger partial charge in [0.05, 0.1) is 5.60 Å². The van der Waals surface area contributed by atoms with Gasteiger partial charge in [-0.15, -0.1) is 0 Å². The second-order valence-corrected chi connectivity index (χ2v) is 5.67. The van der Waals surface area contributed by atoms with Crippen LogP contribution in [0.5, 0.6) is 0 Å². The Morgan fingerprint density at radius 1 is 1.20 bits per heavy atom. The molecule has 4 saturated carbocycles. The zero-order chi connectivity index (χ0) is 10.6. The van der Waals surface area contributed by atoms with Crippen molar-refractivity contribution in [3.63, 3.8) is 0 Å². The predicted octanol–water partition coefficient (Wildman–Crippen LogP) is 1.19. The van der Waals surface area contributed by atoms with Gasteiger partial charge in [-0.1, -0.05) is 0 Å². The van der Waals surface area contributed by atoms with Gasteiger partial charge in [0.1, 0.15) is 0 Å². The van der Waals surface area contributed by atoms with Crippen molar-refractivity contribution in [3.05, 3.63) is 0 Å². The highest BCUT2D eigenvalue weighted by atomic mass is 16.4. The van der Waals surface area contributed by atoms with E-state index in [1.54, 1.807) is 0 Å². The van der Waals surface area contributed by atoms with Crippen LogP contribution < -0.4 is 5.32 Å². The van der Waals surface area contributed by atoms with Crippen LogP contribution in [0.3, 0.4) is 0 Å². The molecule has 4 bridgehead atoms. The Bertz CT molecular complexity index is 288. The zero-order valence-electron chi connectivity index (χ0n) is 8.65. The topological polar surface area (TPSA) is 69.6 Å². The van der Waals surface area contributed by atoms with Gasteiger partial charge in [-0.25, -0.2) is 4.79 Å². The first-order valence-corrected chi connectivity index (χ1v) is 5.78. The fraction of sp³-hybridized carbons (Fsp3) is 0.909. The Balaban J connectivity index is 1.82. The molecule has 5 atom stereocenters. The van der Waals surface area contributed by atoms with Crippen molar-refractivity contribution in [2.75, 3.05) is 0 Å². The van der Waals surface area contributed by atoms with E-state index in [1.807, 2.05) is 0 Å². The lowest BCUT2D eigenvalue weighted by atomic mass is 9.52. The quantitative estimate of drug-likeness (QED) is 0.610. The minimum Gasteiger partial charge on any atom is -0.465 e. The highest BCUT2D eigenvalue weighted by Crippen LogP contribution is 2.55. The van der Waals surface area contributed by atoms with Gasteiger partial charge in [-0.3, -0.25) is 0 Å². The van der Waals surface area contributed by atoms with Gasteiger partial charge < -0.3 is 15.5 Å². The number of rotatable bonds is 1. The monoisotopic (exact) mass is 211 g/mol. The number of aliphatic hydroxyl groups is 1. The molecule has 0 aromatic heterocycles. The summed E-state index contributed by atoms with van der Waals surface area (Å²) in [5.41, 5.74) is -0.465. The molecule has 0 saturated heterocycles. The fourth-order valence-corrected chi connectivity index (χ4v) is 4.36. The van der Waals surface area contributed by atoms with Crippen molar-refractivity contribution >= 4 is 6.09 Å². The van der Waals surface area contributed by atoms with E-state index in [0.717, 1.165) is 32.1 Å². The van der Waals surface area contributed by atoms with Crippen molar-refractivity contribution in [1.82, 2.24) is 5.32 Å². The molecule has 4 heteroatoms. The van der Waals surface area contributed by atoms with Crippen molar-refractivity contribution in [2.24, 2.45) is 17.8 Å². The molecule has 0 heterocycles. The van der Waals surface area contributed by atoms with E-state index in [0.29, 0.717) is 17.8 Å². The van der Waals surface area contributed by atoms with E-state index < -0.39 is 11.7 Å². The molecule has 2 unspecified atom stereocenters. The fourth-order valence-electron chi connectivity index (χ4n) is 4.36. The third-order valence-corrected chi connectivity index (χ3v) is 4.53. The van der Waals surface area contributed by atoms with Crippen LogP contribution in [0, 0.1) is 17.8 Å². The molecule has 0 aliphatic heterocycles. The summed E-state index contributed by atoms with van der Waals surface area (Å²) in [5.74, 6) is 1.38. The van der Waals surface area contributed by atoms with Gasteiger partial charge >= 0.3 is 6.09 Å². The van der Waals surface area contributed by atoms with Crippen LogP contribution in [-0.4, -0.2) is 27.9 Å². The molecule has 4 aliphatic rings. The number of nitrogens with one attached hydrogen (secondary N) is 1. The van der Waals surface area contributed by atoms with E-state index in [1.165, 1.54) is 0 Å². The predicted molar refractivity (Wildman–Crippen MR) is 53.5 cm³/mol. The first kappa shape index (κ1) is 9.46. The highest BCUT2D eigenvalue weighted by molar-refractivity contribution is 5.65. The molecule has 4 nitrogen and oxygen atoms in total. The average Bonchev–Trinajstić information content (AvgIpc) is 2.08. The Kier molecular flexibility index (Phi) is 1.81. The summed E-state index contributed by atoms with van der Waals surface area (Å²) in [7, 11) is 0. The summed E-state index contributed by atoms with van der Waals surface area (Å²) in [6.45, 7) is 0. The van der Waals surface area contributed by atoms with Crippen molar-refractivity contribution in [1.29, 1.82) is 0 Å². The van der Waals surface area contributed by atoms with Crippen LogP contribution in [0.25, 0.3) is 0 Å². The lowest BCUT2D eigenvalue weighted by Gasteiger charge is -2.57. The van der Waals surface area contributed by atoms with Gasteiger partial charge in [0, 0.05) is 6.04 Å². The molecule has 15 heavy (non-hydrogen) atoms. The highest BCUT2D eigenvalue weighted by Gasteiger charge is 2.54. The molecule has 0 aromatic carbocycles. The maximum Gasteiger partial charge on any atom is 0.404 e. The standard InChI is InChI=1S/C11H17NO3/c13-10(14)12-9-7-1-6-2-8(9)5-11(15,3-6)4-7/h6-9,12,15H,1-5H2,(H,13,14)/t6-,7+,8?,9?,11+/m0/s1. The van der Waals surface area contributed by atoms with E-state index in [2.05, 4.69) is 5.32 Å². The third-order valence-electron chi connectivity index (χ3n) is 4.53. The summed E-state index contributed by atoms with van der Waals surface area (Å²) < 4.78 is 0. The van der Waals surface area contributed by atoms with Crippen molar-refractivity contribution in [3.8, 4) is 0 Å². The van der Waals surface area contributed by atoms with E-state index >= 15 is 0 Å². The molecule has 84 valence electrons. The minimum atomic E-state index is -0.917. The molecule has 3 N–H and O–H groups in total. The molecule has 0 radical (unpaired) electrons. The summed E-state index contributed by atoms with van der Waals surface area (Å²) in [4.78, 5) is 10.7. The lowest BCUT2D eigenvalue weighted by molar-refractivity contribution is -0.137. The Morgan fingerprint density at radius 3 is 2.27 bits per heavy atom. The first-order chi connectivity index (χ1) is 7.06. The molecule has 4 rings (SSSR count). The first-order valence-electron chi connectivity index (χ1n) is 5.78. The molecular weight excluding hydrogens is 194 g/mol. The Labute approximate surface area is 88.7 Å². The summed E-state index contributed by atoms with van der Waals surface area (Å²) in [6.07, 6.45) is 3.82. The summed E-state index contributed by atoms with van der Waals surface area (Å²) in [6, 6.07) is 0.0966. The Morgan fingerprint density at radius 2 is 1.80 bits per heavy atom. The maximum absolute atomic E-state index is 10.7. The van der Waals surface area contributed by atoms with Gasteiger partial charge in [0.15, 0.2) is 0 Å². The third kappa shape index (κ3) is 1.42. The largest absolute Gasteiger partial charge is 0.465 e. The van der Waals surface area contributed by atoms with Crippen LogP contribution in [0.2, 0.25) is 0 Å². The van der Waals surface area contributed by atoms with Crippen LogP contribution >= 0.6 is 0 Å². The lowest BCUT2D eigenvalue weighted by Crippen LogP contribution is -2.61. The molecule has 0 aromatic rings. The van der Waals surface area contributed by atoms with Gasteiger partial charge in [-0.05, 0) is 49.9 Å². The number of carbonyl (C=O) groups is 1. The minimum absolute atomic E-state index is 0.0966. The van der Waals surface area contributed by atoms with Gasteiger partial charge in [-0.2, -0.15) is 0 Å². The molecule has 0 spiro atoms. The zero-order valence-corrected chi connectivity index (χ0v) is 8.65. The number of carboxylic acid groups (broad SMARTS) is 1. The molecular formula is C11H17NO3. The van der Waals surface area contributed by atoms with Gasteiger partial charge in [0.25, 0.3) is 0 Å². The van der Waals surface area contributed by atoms with Crippen LogP contribution in [-0.2, 0) is 0 Å². The normalized spacial score (nSPS) is 51.8.